The summed E-state index contributed by atoms with van der Waals surface area (Å²) in [5.41, 5.74) is 1.04. The molecule has 0 bridgehead atoms. The molecule has 1 aromatic carbocycles. The largest absolute Gasteiger partial charge is 0.323 e. The van der Waals surface area contributed by atoms with Crippen LogP contribution in [0.1, 0.15) is 19.8 Å². The first-order valence-electron chi connectivity index (χ1n) is 6.23. The van der Waals surface area contributed by atoms with Gasteiger partial charge in [0.05, 0.1) is 16.7 Å². The van der Waals surface area contributed by atoms with Crippen molar-refractivity contribution in [1.29, 1.82) is 0 Å². The molecule has 10 heteroatoms. The van der Waals surface area contributed by atoms with Crippen molar-refractivity contribution in [2.45, 2.75) is 30.7 Å². The summed E-state index contributed by atoms with van der Waals surface area (Å²) in [7, 11) is -4.17. The molecular weight excluding hydrogens is 303 g/mol. The van der Waals surface area contributed by atoms with Gasteiger partial charge < -0.3 is 5.43 Å². The van der Waals surface area contributed by atoms with E-state index in [-0.39, 0.29) is 17.6 Å². The molecule has 1 aliphatic carbocycles. The Hall–Kier alpha value is -1.78. The van der Waals surface area contributed by atoms with Crippen molar-refractivity contribution in [2.24, 2.45) is 11.8 Å². The average molecular weight is 318 g/mol. The molecule has 1 fully saturated rings. The number of hydrogen-bond donors (Lipinski definition) is 3. The molecule has 1 aliphatic rings. The normalized spacial score (nSPS) is 16.5. The first-order chi connectivity index (χ1) is 9.76. The van der Waals surface area contributed by atoms with Gasteiger partial charge in [-0.2, -0.15) is 0 Å². The second-order valence-electron chi connectivity index (χ2n) is 4.95. The van der Waals surface area contributed by atoms with Crippen molar-refractivity contribution < 1.29 is 17.7 Å². The minimum Gasteiger partial charge on any atom is -0.323 e. The predicted octanol–water partition coefficient (Wildman–Crippen LogP) is 1.10. The Bertz CT molecular complexity index is 675. The summed E-state index contributed by atoms with van der Waals surface area (Å²) in [5, 5.41) is 10.7. The maximum Gasteiger partial charge on any atom is 0.274 e. The average Bonchev–Trinajstić information content (AvgIpc) is 3.20. The van der Waals surface area contributed by atoms with Crippen LogP contribution in [0.3, 0.4) is 0 Å². The van der Waals surface area contributed by atoms with Gasteiger partial charge in [-0.15, -0.1) is 0 Å². The number of sulfonamides is 1. The van der Waals surface area contributed by atoms with Crippen LogP contribution >= 0.6 is 0 Å². The Labute approximate surface area is 120 Å². The topological polar surface area (TPSA) is 127 Å². The SMILES string of the molecule is CC(NS(=O)(=O)c1c(F)cc([N+](=O)[O-])cc1NN)C1CC1. The molecule has 2 rings (SSSR count). The Kier molecular flexibility index (Phi) is 4.12. The number of nitrogen functional groups attached to an aromatic ring is 1. The van der Waals surface area contributed by atoms with Gasteiger partial charge in [0.2, 0.25) is 10.0 Å². The summed E-state index contributed by atoms with van der Waals surface area (Å²) in [5.74, 6) is 4.16. The molecule has 1 aromatic rings. The second-order valence-corrected chi connectivity index (χ2v) is 6.60. The number of hydrazine groups is 1. The lowest BCUT2D eigenvalue weighted by atomic mass is 10.2. The fourth-order valence-electron chi connectivity index (χ4n) is 2.06. The van der Waals surface area contributed by atoms with E-state index in [0.29, 0.717) is 6.07 Å². The number of non-ortho nitro benzene ring substituents is 1. The van der Waals surface area contributed by atoms with Crippen LogP contribution in [0.5, 0.6) is 0 Å². The van der Waals surface area contributed by atoms with E-state index in [1.54, 1.807) is 6.92 Å². The van der Waals surface area contributed by atoms with Crippen LogP contribution in [0.4, 0.5) is 15.8 Å². The zero-order chi connectivity index (χ0) is 15.8. The number of nitro groups is 1. The Morgan fingerprint density at radius 1 is 1.48 bits per heavy atom. The van der Waals surface area contributed by atoms with Crippen molar-refractivity contribution in [1.82, 2.24) is 4.72 Å². The van der Waals surface area contributed by atoms with E-state index in [4.69, 9.17) is 5.84 Å². The van der Waals surface area contributed by atoms with Gasteiger partial charge in [-0.25, -0.2) is 17.5 Å². The van der Waals surface area contributed by atoms with Crippen molar-refractivity contribution in [3.63, 3.8) is 0 Å². The summed E-state index contributed by atoms with van der Waals surface area (Å²) in [6.45, 7) is 1.69. The molecule has 0 aromatic heterocycles. The second kappa shape index (κ2) is 5.54. The van der Waals surface area contributed by atoms with Gasteiger partial charge >= 0.3 is 0 Å². The number of anilines is 1. The van der Waals surface area contributed by atoms with Crippen molar-refractivity contribution in [2.75, 3.05) is 5.43 Å². The first kappa shape index (κ1) is 15.6. The van der Waals surface area contributed by atoms with Gasteiger partial charge in [-0.05, 0) is 25.7 Å². The summed E-state index contributed by atoms with van der Waals surface area (Å²) in [6.07, 6.45) is 1.82. The number of halogens is 1. The quantitative estimate of drug-likeness (QED) is 0.409. The third-order valence-electron chi connectivity index (χ3n) is 3.33. The highest BCUT2D eigenvalue weighted by Gasteiger charge is 2.34. The molecule has 4 N–H and O–H groups in total. The van der Waals surface area contributed by atoms with Crippen LogP contribution in [-0.4, -0.2) is 19.4 Å². The van der Waals surface area contributed by atoms with E-state index in [0.717, 1.165) is 18.9 Å². The molecule has 1 atom stereocenters. The van der Waals surface area contributed by atoms with Crippen molar-refractivity contribution in [3.05, 3.63) is 28.1 Å². The van der Waals surface area contributed by atoms with Crippen LogP contribution < -0.4 is 16.0 Å². The van der Waals surface area contributed by atoms with Gasteiger partial charge in [0, 0.05) is 12.1 Å². The monoisotopic (exact) mass is 318 g/mol. The van der Waals surface area contributed by atoms with Gasteiger partial charge in [0.15, 0.2) is 5.82 Å². The van der Waals surface area contributed by atoms with E-state index in [1.165, 1.54) is 0 Å². The Balaban J connectivity index is 2.43. The number of nitrogens with two attached hydrogens (primary N) is 1. The zero-order valence-corrected chi connectivity index (χ0v) is 12.0. The molecule has 0 amide bonds. The maximum atomic E-state index is 14.0. The predicted molar refractivity (Wildman–Crippen MR) is 73.4 cm³/mol. The van der Waals surface area contributed by atoms with E-state index >= 15 is 0 Å². The molecule has 116 valence electrons. The van der Waals surface area contributed by atoms with E-state index in [9.17, 15) is 22.9 Å². The minimum absolute atomic E-state index is 0.232. The number of nitro benzene ring substituents is 1. The lowest BCUT2D eigenvalue weighted by Crippen LogP contribution is -2.35. The van der Waals surface area contributed by atoms with Crippen molar-refractivity contribution in [3.8, 4) is 0 Å². The standard InChI is InChI=1S/C11H15FN4O4S/c1-6(7-2-3-7)15-21(19,20)11-9(12)4-8(16(17)18)5-10(11)14-13/h4-7,14-15H,2-3,13H2,1H3. The summed E-state index contributed by atoms with van der Waals surface area (Å²) in [4.78, 5) is 9.11. The third kappa shape index (κ3) is 3.28. The molecule has 0 saturated heterocycles. The number of benzene rings is 1. The highest BCUT2D eigenvalue weighted by atomic mass is 32.2. The first-order valence-corrected chi connectivity index (χ1v) is 7.71. The van der Waals surface area contributed by atoms with Gasteiger partial charge in [0.1, 0.15) is 4.90 Å². The molecule has 0 aliphatic heterocycles. The number of nitrogens with one attached hydrogen (secondary N) is 2. The third-order valence-corrected chi connectivity index (χ3v) is 4.97. The molecule has 8 nitrogen and oxygen atoms in total. The van der Waals surface area contributed by atoms with Gasteiger partial charge in [-0.1, -0.05) is 0 Å². The van der Waals surface area contributed by atoms with Crippen molar-refractivity contribution >= 4 is 21.4 Å². The summed E-state index contributed by atoms with van der Waals surface area (Å²) < 4.78 is 40.8. The number of rotatable bonds is 6. The lowest BCUT2D eigenvalue weighted by molar-refractivity contribution is -0.385. The van der Waals surface area contributed by atoms with E-state index in [1.807, 2.05) is 5.43 Å². The van der Waals surface area contributed by atoms with Crippen LogP contribution in [0.25, 0.3) is 0 Å². The molecule has 0 radical (unpaired) electrons. The van der Waals surface area contributed by atoms with Gasteiger partial charge in [-0.3, -0.25) is 16.0 Å². The summed E-state index contributed by atoms with van der Waals surface area (Å²) >= 11 is 0. The van der Waals surface area contributed by atoms with Gasteiger partial charge in [0.25, 0.3) is 5.69 Å². The fourth-order valence-corrected chi connectivity index (χ4v) is 3.58. The number of nitrogens with zero attached hydrogens (tertiary/aromatic N) is 1. The Morgan fingerprint density at radius 2 is 2.10 bits per heavy atom. The molecule has 0 spiro atoms. The van der Waals surface area contributed by atoms with Crippen LogP contribution in [0, 0.1) is 21.8 Å². The number of hydrogen-bond acceptors (Lipinski definition) is 6. The zero-order valence-electron chi connectivity index (χ0n) is 11.2. The minimum atomic E-state index is -4.17. The summed E-state index contributed by atoms with van der Waals surface area (Å²) in [6, 6.07) is 1.09. The lowest BCUT2D eigenvalue weighted by Gasteiger charge is -2.16. The molecular formula is C11H15FN4O4S. The fraction of sp³-hybridized carbons (Fsp3) is 0.455. The maximum absolute atomic E-state index is 14.0. The van der Waals surface area contributed by atoms with E-state index in [2.05, 4.69) is 4.72 Å². The van der Waals surface area contributed by atoms with Crippen LogP contribution in [-0.2, 0) is 10.0 Å². The highest BCUT2D eigenvalue weighted by molar-refractivity contribution is 7.89. The smallest absolute Gasteiger partial charge is 0.274 e. The highest BCUT2D eigenvalue weighted by Crippen LogP contribution is 2.34. The van der Waals surface area contributed by atoms with E-state index < -0.39 is 31.3 Å². The Morgan fingerprint density at radius 3 is 2.57 bits per heavy atom. The molecule has 21 heavy (non-hydrogen) atoms. The van der Waals surface area contributed by atoms with Crippen LogP contribution in [0.15, 0.2) is 17.0 Å². The molecule has 0 heterocycles. The molecule has 1 unspecified atom stereocenters. The molecule has 1 saturated carbocycles. The van der Waals surface area contributed by atoms with Crippen LogP contribution in [0.2, 0.25) is 0 Å².